The fraction of sp³-hybridized carbons (Fsp3) is 0.167. The lowest BCUT2D eigenvalue weighted by atomic mass is 10.2. The Kier molecular flexibility index (Phi) is 4.95. The molecule has 140 valence electrons. The van der Waals surface area contributed by atoms with Crippen LogP contribution < -0.4 is 5.32 Å². The lowest BCUT2D eigenvalue weighted by Gasteiger charge is -2.10. The molecule has 0 aliphatic heterocycles. The number of carbonyl (C=O) groups is 1. The monoisotopic (exact) mass is 386 g/mol. The van der Waals surface area contributed by atoms with E-state index in [1.807, 2.05) is 0 Å². The van der Waals surface area contributed by atoms with Gasteiger partial charge in [-0.1, -0.05) is 13.0 Å². The number of aromatic hydroxyl groups is 1. The molecule has 2 N–H and O–H groups in total. The molecule has 0 radical (unpaired) electrons. The van der Waals surface area contributed by atoms with Crippen molar-refractivity contribution in [2.24, 2.45) is 0 Å². The second-order valence-electron chi connectivity index (χ2n) is 5.78. The Morgan fingerprint density at radius 2 is 2.04 bits per heavy atom. The molecule has 0 spiro atoms. The van der Waals surface area contributed by atoms with Gasteiger partial charge >= 0.3 is 0 Å². The number of pyridine rings is 1. The summed E-state index contributed by atoms with van der Waals surface area (Å²) in [7, 11) is -3.47. The number of nitrogens with zero attached hydrogens (tertiary/aromatic N) is 3. The van der Waals surface area contributed by atoms with E-state index in [0.29, 0.717) is 11.5 Å². The summed E-state index contributed by atoms with van der Waals surface area (Å²) in [4.78, 5) is 16.8. The third-order valence-corrected chi connectivity index (χ3v) is 5.81. The Labute approximate surface area is 156 Å². The third-order valence-electron chi connectivity index (χ3n) is 4.08. The maximum atomic E-state index is 12.6. The normalized spacial score (nSPS) is 11.3. The van der Waals surface area contributed by atoms with Gasteiger partial charge in [0.05, 0.1) is 33.8 Å². The summed E-state index contributed by atoms with van der Waals surface area (Å²) >= 11 is 0. The van der Waals surface area contributed by atoms with Gasteiger partial charge in [-0.15, -0.1) is 0 Å². The van der Waals surface area contributed by atoms with Crippen molar-refractivity contribution < 1.29 is 18.3 Å². The first-order valence-electron chi connectivity index (χ1n) is 8.16. The van der Waals surface area contributed by atoms with E-state index >= 15 is 0 Å². The number of anilines is 1. The first-order chi connectivity index (χ1) is 12.8. The molecule has 27 heavy (non-hydrogen) atoms. The van der Waals surface area contributed by atoms with E-state index in [1.54, 1.807) is 31.3 Å². The summed E-state index contributed by atoms with van der Waals surface area (Å²) < 4.78 is 25.6. The summed E-state index contributed by atoms with van der Waals surface area (Å²) in [6, 6.07) is 9.12. The van der Waals surface area contributed by atoms with E-state index in [9.17, 15) is 18.3 Å². The first kappa shape index (κ1) is 18.6. The Bertz CT molecular complexity index is 1090. The summed E-state index contributed by atoms with van der Waals surface area (Å²) in [6.45, 7) is 3.24. The van der Waals surface area contributed by atoms with E-state index < -0.39 is 15.7 Å². The van der Waals surface area contributed by atoms with Gasteiger partial charge in [-0.25, -0.2) is 18.1 Å². The van der Waals surface area contributed by atoms with E-state index in [0.717, 1.165) is 0 Å². The van der Waals surface area contributed by atoms with Gasteiger partial charge in [0.15, 0.2) is 15.7 Å². The predicted molar refractivity (Wildman–Crippen MR) is 99.9 cm³/mol. The molecule has 0 unspecified atom stereocenters. The molecular formula is C18H18N4O4S. The lowest BCUT2D eigenvalue weighted by Crippen LogP contribution is -2.14. The maximum Gasteiger partial charge on any atom is 0.259 e. The molecule has 0 bridgehead atoms. The molecule has 8 nitrogen and oxygen atoms in total. The molecule has 3 aromatic rings. The van der Waals surface area contributed by atoms with Crippen molar-refractivity contribution >= 4 is 21.4 Å². The van der Waals surface area contributed by atoms with Crippen LogP contribution in [0.15, 0.2) is 53.7 Å². The van der Waals surface area contributed by atoms with Crippen LogP contribution in [-0.2, 0) is 9.84 Å². The number of carbonyl (C=O) groups excluding carboxylic acids is 1. The molecule has 9 heteroatoms. The van der Waals surface area contributed by atoms with Crippen molar-refractivity contribution in [2.45, 2.75) is 18.7 Å². The fourth-order valence-electron chi connectivity index (χ4n) is 2.51. The van der Waals surface area contributed by atoms with Crippen molar-refractivity contribution in [1.29, 1.82) is 0 Å². The van der Waals surface area contributed by atoms with E-state index in [4.69, 9.17) is 0 Å². The fourth-order valence-corrected chi connectivity index (χ4v) is 3.41. The number of sulfone groups is 1. The minimum absolute atomic E-state index is 0.0134. The van der Waals surface area contributed by atoms with Gasteiger partial charge in [-0.05, 0) is 37.3 Å². The van der Waals surface area contributed by atoms with Crippen molar-refractivity contribution in [3.8, 4) is 11.6 Å². The molecule has 0 saturated carbocycles. The van der Waals surface area contributed by atoms with Gasteiger partial charge < -0.3 is 10.4 Å². The SMILES string of the molecule is CCS(=O)(=O)c1ccc(O)c(NC(=O)c2cnn(-c3ccccn3)c2C)c1. The van der Waals surface area contributed by atoms with Gasteiger partial charge in [-0.2, -0.15) is 5.10 Å². The molecule has 0 saturated heterocycles. The van der Waals surface area contributed by atoms with E-state index in [2.05, 4.69) is 15.4 Å². The molecule has 2 aromatic heterocycles. The van der Waals surface area contributed by atoms with Crippen molar-refractivity contribution in [3.63, 3.8) is 0 Å². The molecule has 1 amide bonds. The molecule has 2 heterocycles. The van der Waals surface area contributed by atoms with Crippen molar-refractivity contribution in [2.75, 3.05) is 11.1 Å². The molecular weight excluding hydrogens is 368 g/mol. The number of aromatic nitrogens is 3. The number of benzene rings is 1. The van der Waals surface area contributed by atoms with Crippen molar-refractivity contribution in [1.82, 2.24) is 14.8 Å². The van der Waals surface area contributed by atoms with Crippen LogP contribution in [0.25, 0.3) is 5.82 Å². The summed E-state index contributed by atoms with van der Waals surface area (Å²) in [5, 5.41) is 16.7. The van der Waals surface area contributed by atoms with E-state index in [1.165, 1.54) is 36.0 Å². The zero-order valence-corrected chi connectivity index (χ0v) is 15.6. The molecule has 0 fully saturated rings. The molecule has 1 aromatic carbocycles. The maximum absolute atomic E-state index is 12.6. The Morgan fingerprint density at radius 3 is 2.70 bits per heavy atom. The second kappa shape index (κ2) is 7.20. The molecule has 0 atom stereocenters. The highest BCUT2D eigenvalue weighted by Gasteiger charge is 2.19. The number of rotatable bonds is 5. The van der Waals surface area contributed by atoms with Crippen LogP contribution in [0.1, 0.15) is 23.0 Å². The largest absolute Gasteiger partial charge is 0.506 e. The number of phenols is 1. The number of hydrogen-bond donors (Lipinski definition) is 2. The summed E-state index contributed by atoms with van der Waals surface area (Å²) in [6.07, 6.45) is 3.01. The standard InChI is InChI=1S/C18H18N4O4S/c1-3-27(25,26)13-7-8-16(23)15(10-13)21-18(24)14-11-20-22(12(14)2)17-6-4-5-9-19-17/h4-11,23H,3H2,1-2H3,(H,21,24). The number of amides is 1. The summed E-state index contributed by atoms with van der Waals surface area (Å²) in [5.74, 6) is -0.265. The van der Waals surface area contributed by atoms with E-state index in [-0.39, 0.29) is 27.6 Å². The summed E-state index contributed by atoms with van der Waals surface area (Å²) in [5.41, 5.74) is 0.853. The first-order valence-corrected chi connectivity index (χ1v) is 9.82. The highest BCUT2D eigenvalue weighted by atomic mass is 32.2. The van der Waals surface area contributed by atoms with Crippen molar-refractivity contribution in [3.05, 3.63) is 60.0 Å². The molecule has 3 rings (SSSR count). The van der Waals surface area contributed by atoms with Gasteiger partial charge in [0, 0.05) is 6.20 Å². The molecule has 0 aliphatic rings. The second-order valence-corrected chi connectivity index (χ2v) is 8.06. The number of nitrogens with one attached hydrogen (secondary N) is 1. The Morgan fingerprint density at radius 1 is 1.26 bits per heavy atom. The number of hydrogen-bond acceptors (Lipinski definition) is 6. The lowest BCUT2D eigenvalue weighted by molar-refractivity contribution is 0.102. The van der Waals surface area contributed by atoms with Crippen LogP contribution in [0, 0.1) is 6.92 Å². The number of phenolic OH excluding ortho intramolecular Hbond substituents is 1. The van der Waals surface area contributed by atoms with Crippen LogP contribution in [-0.4, -0.2) is 39.9 Å². The third kappa shape index (κ3) is 3.68. The average molecular weight is 386 g/mol. The van der Waals surface area contributed by atoms with Gasteiger partial charge in [-0.3, -0.25) is 4.79 Å². The highest BCUT2D eigenvalue weighted by Crippen LogP contribution is 2.27. The predicted octanol–water partition coefficient (Wildman–Crippen LogP) is 2.33. The quantitative estimate of drug-likeness (QED) is 0.651. The van der Waals surface area contributed by atoms with Crippen LogP contribution >= 0.6 is 0 Å². The average Bonchev–Trinajstić information content (AvgIpc) is 3.05. The Balaban J connectivity index is 1.91. The zero-order chi connectivity index (χ0) is 19.6. The molecule has 0 aliphatic carbocycles. The van der Waals surface area contributed by atoms with Crippen LogP contribution in [0.4, 0.5) is 5.69 Å². The minimum Gasteiger partial charge on any atom is -0.506 e. The van der Waals surface area contributed by atoms with Gasteiger partial charge in [0.25, 0.3) is 5.91 Å². The zero-order valence-electron chi connectivity index (χ0n) is 14.7. The smallest absolute Gasteiger partial charge is 0.259 e. The Hall–Kier alpha value is -3.20. The van der Waals surface area contributed by atoms with Gasteiger partial charge in [0.2, 0.25) is 0 Å². The topological polar surface area (TPSA) is 114 Å². The van der Waals surface area contributed by atoms with Crippen LogP contribution in [0.5, 0.6) is 5.75 Å². The van der Waals surface area contributed by atoms with Crippen LogP contribution in [0.3, 0.4) is 0 Å². The van der Waals surface area contributed by atoms with Gasteiger partial charge in [0.1, 0.15) is 5.75 Å². The minimum atomic E-state index is -3.47. The highest BCUT2D eigenvalue weighted by molar-refractivity contribution is 7.91. The van der Waals surface area contributed by atoms with Crippen LogP contribution in [0.2, 0.25) is 0 Å².